The Hall–Kier alpha value is -2.05. The second-order valence-electron chi connectivity index (χ2n) is 9.52. The molecule has 0 radical (unpaired) electrons. The van der Waals surface area contributed by atoms with Gasteiger partial charge in [0.2, 0.25) is 0 Å². The van der Waals surface area contributed by atoms with E-state index in [1.807, 2.05) is 14.7 Å². The average molecular weight is 526 g/mol. The van der Waals surface area contributed by atoms with Gasteiger partial charge in [0.25, 0.3) is 0 Å². The summed E-state index contributed by atoms with van der Waals surface area (Å²) < 4.78 is 6.13. The number of carbonyl (C=O) groups excluding carboxylic acids is 2. The van der Waals surface area contributed by atoms with Crippen LogP contribution in [0.2, 0.25) is 0 Å². The van der Waals surface area contributed by atoms with Gasteiger partial charge in [0.15, 0.2) is 5.13 Å². The molecule has 12 heteroatoms. The van der Waals surface area contributed by atoms with E-state index in [-0.39, 0.29) is 29.9 Å². The van der Waals surface area contributed by atoms with E-state index in [9.17, 15) is 14.4 Å². The molecule has 4 rings (SSSR count). The number of carbonyl (C=O) groups is 3. The number of anilines is 1. The molecule has 4 amide bonds. The fraction of sp³-hybridized carbons (Fsp3) is 0.739. The highest BCUT2D eigenvalue weighted by Crippen LogP contribution is 2.33. The van der Waals surface area contributed by atoms with Crippen molar-refractivity contribution in [3.63, 3.8) is 0 Å². The van der Waals surface area contributed by atoms with E-state index in [4.69, 9.17) is 9.84 Å². The van der Waals surface area contributed by atoms with Gasteiger partial charge in [0.05, 0.1) is 29.4 Å². The molecule has 10 nitrogen and oxygen atoms in total. The van der Waals surface area contributed by atoms with E-state index in [0.29, 0.717) is 50.4 Å². The fourth-order valence-corrected chi connectivity index (χ4v) is 6.70. The Morgan fingerprint density at radius 3 is 2.37 bits per heavy atom. The van der Waals surface area contributed by atoms with Crippen LogP contribution in [-0.4, -0.2) is 100 Å². The van der Waals surface area contributed by atoms with Crippen LogP contribution >= 0.6 is 23.1 Å². The summed E-state index contributed by atoms with van der Waals surface area (Å²) in [5.41, 5.74) is 0. The van der Waals surface area contributed by atoms with Gasteiger partial charge in [-0.1, -0.05) is 18.3 Å². The van der Waals surface area contributed by atoms with E-state index in [1.54, 1.807) is 6.20 Å². The predicted octanol–water partition coefficient (Wildman–Crippen LogP) is 3.65. The average Bonchev–Trinajstić information content (AvgIpc) is 3.32. The molecule has 194 valence electrons. The minimum atomic E-state index is -0.884. The van der Waals surface area contributed by atoms with Gasteiger partial charge in [-0.25, -0.2) is 14.6 Å². The summed E-state index contributed by atoms with van der Waals surface area (Å²) in [6, 6.07) is 0.177. The number of morpholine rings is 1. The van der Waals surface area contributed by atoms with E-state index < -0.39 is 5.97 Å². The molecule has 2 aliphatic heterocycles. The Morgan fingerprint density at radius 1 is 1.09 bits per heavy atom. The van der Waals surface area contributed by atoms with Crippen LogP contribution in [0.25, 0.3) is 0 Å². The second kappa shape index (κ2) is 12.3. The van der Waals surface area contributed by atoms with E-state index in [2.05, 4.69) is 17.2 Å². The Kier molecular flexibility index (Phi) is 9.12. The predicted molar refractivity (Wildman–Crippen MR) is 135 cm³/mol. The minimum absolute atomic E-state index is 0.0380. The third-order valence-electron chi connectivity index (χ3n) is 7.06. The van der Waals surface area contributed by atoms with Gasteiger partial charge < -0.3 is 24.5 Å². The van der Waals surface area contributed by atoms with Crippen LogP contribution < -0.4 is 5.32 Å². The third-order valence-corrected chi connectivity index (χ3v) is 9.15. The Bertz CT molecular complexity index is 877. The number of urea groups is 2. The van der Waals surface area contributed by atoms with Crippen LogP contribution in [0, 0.1) is 5.92 Å². The van der Waals surface area contributed by atoms with Crippen molar-refractivity contribution in [2.75, 3.05) is 50.5 Å². The highest BCUT2D eigenvalue weighted by molar-refractivity contribution is 8.01. The lowest BCUT2D eigenvalue weighted by Crippen LogP contribution is -2.56. The number of carboxylic acids is 1. The van der Waals surface area contributed by atoms with Crippen LogP contribution in [0.4, 0.5) is 14.7 Å². The van der Waals surface area contributed by atoms with Crippen molar-refractivity contribution in [3.8, 4) is 0 Å². The van der Waals surface area contributed by atoms with Crippen molar-refractivity contribution in [3.05, 3.63) is 6.20 Å². The number of likely N-dealkylation sites (tertiary alicyclic amines) is 1. The monoisotopic (exact) mass is 525 g/mol. The van der Waals surface area contributed by atoms with Crippen molar-refractivity contribution in [1.29, 1.82) is 0 Å². The normalized spacial score (nSPS) is 23.7. The zero-order chi connectivity index (χ0) is 24.8. The summed E-state index contributed by atoms with van der Waals surface area (Å²) in [6.07, 6.45) is 7.31. The first-order valence-electron chi connectivity index (χ1n) is 12.4. The van der Waals surface area contributed by atoms with Gasteiger partial charge in [-0.3, -0.25) is 10.1 Å². The smallest absolute Gasteiger partial charge is 0.324 e. The summed E-state index contributed by atoms with van der Waals surface area (Å²) in [7, 11) is 0. The van der Waals surface area contributed by atoms with E-state index in [1.165, 1.54) is 23.1 Å². The highest BCUT2D eigenvalue weighted by Gasteiger charge is 2.36. The molecule has 1 saturated carbocycles. The first-order chi connectivity index (χ1) is 16.9. The summed E-state index contributed by atoms with van der Waals surface area (Å²) in [4.78, 5) is 47.3. The molecule has 0 atom stereocenters. The van der Waals surface area contributed by atoms with Crippen LogP contribution in [0.5, 0.6) is 0 Å². The molecule has 0 aromatic carbocycles. The number of ether oxygens (including phenoxy) is 1. The van der Waals surface area contributed by atoms with Gasteiger partial charge in [-0.2, -0.15) is 0 Å². The van der Waals surface area contributed by atoms with Gasteiger partial charge in [-0.05, 0) is 44.4 Å². The number of carboxylic acid groups (broad SMARTS) is 1. The summed E-state index contributed by atoms with van der Waals surface area (Å²) >= 11 is 2.49. The molecule has 0 spiro atoms. The Labute approximate surface area is 214 Å². The van der Waals surface area contributed by atoms with Crippen LogP contribution in [0.1, 0.15) is 45.4 Å². The summed E-state index contributed by atoms with van der Waals surface area (Å²) in [5.74, 6) is -0.244. The number of piperidine rings is 1. The lowest BCUT2D eigenvalue weighted by atomic mass is 9.85. The van der Waals surface area contributed by atoms with Crippen molar-refractivity contribution in [1.82, 2.24) is 19.7 Å². The van der Waals surface area contributed by atoms with Crippen LogP contribution in [-0.2, 0) is 9.53 Å². The third kappa shape index (κ3) is 7.01. The maximum atomic E-state index is 13.5. The van der Waals surface area contributed by atoms with Crippen molar-refractivity contribution >= 4 is 46.3 Å². The zero-order valence-electron chi connectivity index (χ0n) is 20.2. The standard InChI is InChI=1S/C23H35N5O5S2/c1-16-2-4-17(5-3-16)28(22(31)25-21-24-14-20(35-21)34-15-19(29)30)18-6-8-26(9-7-18)23(32)27-10-12-33-13-11-27/h14,16-18H,2-13,15H2,1H3,(H,29,30)(H,24,25,31). The molecule has 3 aliphatic rings. The number of thiazole rings is 1. The molecule has 1 aromatic heterocycles. The van der Waals surface area contributed by atoms with Crippen molar-refractivity contribution in [2.45, 2.75) is 61.7 Å². The summed E-state index contributed by atoms with van der Waals surface area (Å²) in [5, 5.41) is 12.3. The molecular weight excluding hydrogens is 490 g/mol. The fourth-order valence-electron chi connectivity index (χ4n) is 5.11. The maximum absolute atomic E-state index is 13.5. The molecule has 35 heavy (non-hydrogen) atoms. The number of hydrogen-bond donors (Lipinski definition) is 2. The topological polar surface area (TPSA) is 115 Å². The van der Waals surface area contributed by atoms with E-state index >= 15 is 0 Å². The lowest BCUT2D eigenvalue weighted by Gasteiger charge is -2.44. The van der Waals surface area contributed by atoms with Gasteiger partial charge in [0, 0.05) is 38.3 Å². The van der Waals surface area contributed by atoms with E-state index in [0.717, 1.165) is 42.7 Å². The molecular formula is C23H35N5O5S2. The quantitative estimate of drug-likeness (QED) is 0.545. The Morgan fingerprint density at radius 2 is 1.71 bits per heavy atom. The largest absolute Gasteiger partial charge is 0.481 e. The van der Waals surface area contributed by atoms with Crippen molar-refractivity contribution in [2.24, 2.45) is 5.92 Å². The first-order valence-corrected chi connectivity index (χ1v) is 14.2. The molecule has 1 aliphatic carbocycles. The van der Waals surface area contributed by atoms with Crippen LogP contribution in [0.3, 0.4) is 0 Å². The molecule has 0 bridgehead atoms. The number of hydrogen-bond acceptors (Lipinski definition) is 7. The molecule has 1 aromatic rings. The van der Waals surface area contributed by atoms with Crippen LogP contribution in [0.15, 0.2) is 10.4 Å². The lowest BCUT2D eigenvalue weighted by molar-refractivity contribution is -0.133. The number of nitrogens with zero attached hydrogens (tertiary/aromatic N) is 4. The molecule has 0 unspecified atom stereocenters. The molecule has 2 N–H and O–H groups in total. The number of rotatable bonds is 6. The maximum Gasteiger partial charge on any atom is 0.324 e. The minimum Gasteiger partial charge on any atom is -0.481 e. The molecule has 3 fully saturated rings. The first kappa shape index (κ1) is 26.0. The van der Waals surface area contributed by atoms with Crippen molar-refractivity contribution < 1.29 is 24.2 Å². The van der Waals surface area contributed by atoms with Gasteiger partial charge in [0.1, 0.15) is 0 Å². The zero-order valence-corrected chi connectivity index (χ0v) is 21.8. The van der Waals surface area contributed by atoms with Gasteiger partial charge >= 0.3 is 18.0 Å². The number of aliphatic carboxylic acids is 1. The number of nitrogens with one attached hydrogen (secondary N) is 1. The number of aromatic nitrogens is 1. The SMILES string of the molecule is CC1CCC(N(C(=O)Nc2ncc(SCC(=O)O)s2)C2CCN(C(=O)N3CCOCC3)CC2)CC1. The molecule has 3 heterocycles. The number of thioether (sulfide) groups is 1. The second-order valence-corrected chi connectivity index (χ2v) is 11.8. The Balaban J connectivity index is 1.39. The molecule has 2 saturated heterocycles. The van der Waals surface area contributed by atoms with Gasteiger partial charge in [-0.15, -0.1) is 11.8 Å². The summed E-state index contributed by atoms with van der Waals surface area (Å²) in [6.45, 7) is 5.99. The number of amides is 4. The highest BCUT2D eigenvalue weighted by atomic mass is 32.2.